The molecule has 0 aromatic heterocycles. The Labute approximate surface area is 109 Å². The van der Waals surface area contributed by atoms with Gasteiger partial charge >= 0.3 is 0 Å². The van der Waals surface area contributed by atoms with Crippen LogP contribution in [-0.2, 0) is 6.54 Å². The molecule has 2 heteroatoms. The van der Waals surface area contributed by atoms with Gasteiger partial charge in [-0.1, -0.05) is 60.7 Å². The van der Waals surface area contributed by atoms with Gasteiger partial charge < -0.3 is 10.0 Å². The molecular weight excluding hydrogens is 222 g/mol. The summed E-state index contributed by atoms with van der Waals surface area (Å²) in [6.07, 6.45) is 0. The average Bonchev–Trinajstić information content (AvgIpc) is 2.42. The molecule has 0 spiro atoms. The van der Waals surface area contributed by atoms with Crippen LogP contribution in [0.1, 0.15) is 17.2 Å². The third kappa shape index (κ3) is 3.19. The lowest BCUT2D eigenvalue weighted by Gasteiger charge is -2.34. The Kier molecular flexibility index (Phi) is 4.51. The molecule has 0 saturated heterocycles. The van der Waals surface area contributed by atoms with E-state index in [1.54, 1.807) is 0 Å². The molecule has 0 aliphatic heterocycles. The molecule has 0 radical (unpaired) electrons. The molecule has 0 heterocycles. The van der Waals surface area contributed by atoms with Crippen LogP contribution in [0.2, 0.25) is 0 Å². The summed E-state index contributed by atoms with van der Waals surface area (Å²) in [5.41, 5.74) is 2.29. The Bertz CT molecular complexity index is 455. The molecule has 2 aromatic rings. The van der Waals surface area contributed by atoms with Gasteiger partial charge in [0.2, 0.25) is 0 Å². The van der Waals surface area contributed by atoms with Gasteiger partial charge in [-0.3, -0.25) is 7.05 Å². The van der Waals surface area contributed by atoms with Crippen molar-refractivity contribution in [2.45, 2.75) is 12.6 Å². The molecule has 0 aliphatic rings. The van der Waals surface area contributed by atoms with Gasteiger partial charge in [0.1, 0.15) is 0 Å². The number of benzene rings is 2. The molecule has 0 saturated carbocycles. The van der Waals surface area contributed by atoms with Crippen molar-refractivity contribution in [3.8, 4) is 0 Å². The van der Waals surface area contributed by atoms with E-state index in [0.29, 0.717) is 0 Å². The SMILES string of the molecule is [CH2-]N(Cc1ccccc1)[C@@H](CO)c1ccccc1. The van der Waals surface area contributed by atoms with Gasteiger partial charge in [0.25, 0.3) is 0 Å². The van der Waals surface area contributed by atoms with Gasteiger partial charge in [-0.05, 0) is 17.7 Å². The Morgan fingerprint density at radius 3 is 2.06 bits per heavy atom. The maximum absolute atomic E-state index is 9.55. The van der Waals surface area contributed by atoms with Gasteiger partial charge in [-0.2, -0.15) is 0 Å². The lowest BCUT2D eigenvalue weighted by Crippen LogP contribution is -2.25. The standard InChI is InChI=1S/C16H18NO/c1-17(12-14-8-4-2-5-9-14)16(13-18)15-10-6-3-7-11-15/h2-11,16,18H,1,12-13H2/q-1/t16-/m0/s1. The lowest BCUT2D eigenvalue weighted by molar-refractivity contribution is 0.158. The second-order valence-corrected chi connectivity index (χ2v) is 4.34. The normalized spacial score (nSPS) is 12.6. The van der Waals surface area contributed by atoms with E-state index in [1.165, 1.54) is 5.56 Å². The van der Waals surface area contributed by atoms with Crippen molar-refractivity contribution in [2.24, 2.45) is 0 Å². The molecule has 2 aromatic carbocycles. The number of hydrogen-bond donors (Lipinski definition) is 1. The highest BCUT2D eigenvalue weighted by Crippen LogP contribution is 2.21. The minimum Gasteiger partial charge on any atom is -0.447 e. The first-order chi connectivity index (χ1) is 8.81. The molecule has 0 amide bonds. The minimum absolute atomic E-state index is 0.0635. The maximum atomic E-state index is 9.55. The molecule has 1 N–H and O–H groups in total. The monoisotopic (exact) mass is 240 g/mol. The van der Waals surface area contributed by atoms with Crippen LogP contribution in [-0.4, -0.2) is 16.6 Å². The highest BCUT2D eigenvalue weighted by Gasteiger charge is 2.11. The van der Waals surface area contributed by atoms with Gasteiger partial charge in [-0.15, -0.1) is 0 Å². The summed E-state index contributed by atoms with van der Waals surface area (Å²) in [4.78, 5) is 1.92. The molecule has 0 unspecified atom stereocenters. The van der Waals surface area contributed by atoms with E-state index in [9.17, 15) is 5.11 Å². The number of aliphatic hydroxyl groups is 1. The predicted octanol–water partition coefficient (Wildman–Crippen LogP) is 3.01. The van der Waals surface area contributed by atoms with Crippen molar-refractivity contribution in [2.75, 3.05) is 6.61 Å². The predicted molar refractivity (Wildman–Crippen MR) is 73.6 cm³/mol. The molecule has 94 valence electrons. The second kappa shape index (κ2) is 6.34. The fourth-order valence-electron chi connectivity index (χ4n) is 2.04. The Morgan fingerprint density at radius 2 is 1.50 bits per heavy atom. The van der Waals surface area contributed by atoms with Crippen molar-refractivity contribution in [3.05, 3.63) is 78.8 Å². The van der Waals surface area contributed by atoms with Crippen LogP contribution >= 0.6 is 0 Å². The average molecular weight is 240 g/mol. The molecule has 0 fully saturated rings. The van der Waals surface area contributed by atoms with Crippen LogP contribution in [0.3, 0.4) is 0 Å². The zero-order valence-corrected chi connectivity index (χ0v) is 10.4. The molecule has 2 nitrogen and oxygen atoms in total. The van der Waals surface area contributed by atoms with Crippen molar-refractivity contribution < 1.29 is 5.11 Å². The first kappa shape index (κ1) is 12.8. The molecule has 0 bridgehead atoms. The third-order valence-corrected chi connectivity index (χ3v) is 3.03. The van der Waals surface area contributed by atoms with E-state index in [0.717, 1.165) is 12.1 Å². The first-order valence-corrected chi connectivity index (χ1v) is 6.08. The van der Waals surface area contributed by atoms with E-state index in [-0.39, 0.29) is 12.6 Å². The summed E-state index contributed by atoms with van der Waals surface area (Å²) >= 11 is 0. The lowest BCUT2D eigenvalue weighted by atomic mass is 10.1. The molecule has 1 atom stereocenters. The largest absolute Gasteiger partial charge is 0.447 e. The van der Waals surface area contributed by atoms with Crippen LogP contribution in [0.4, 0.5) is 0 Å². The summed E-state index contributed by atoms with van der Waals surface area (Å²) in [6.45, 7) is 0.793. The fourth-order valence-corrected chi connectivity index (χ4v) is 2.04. The highest BCUT2D eigenvalue weighted by atomic mass is 16.3. The van der Waals surface area contributed by atoms with Crippen LogP contribution in [0, 0.1) is 7.05 Å². The first-order valence-electron chi connectivity index (χ1n) is 6.08. The topological polar surface area (TPSA) is 23.5 Å². The van der Waals surface area contributed by atoms with Gasteiger partial charge in [0.05, 0.1) is 6.61 Å². The van der Waals surface area contributed by atoms with E-state index >= 15 is 0 Å². The van der Waals surface area contributed by atoms with Gasteiger partial charge in [0, 0.05) is 6.04 Å². The molecular formula is C16H18NO-. The van der Waals surface area contributed by atoms with E-state index in [4.69, 9.17) is 0 Å². The van der Waals surface area contributed by atoms with Crippen LogP contribution < -0.4 is 0 Å². The van der Waals surface area contributed by atoms with Crippen molar-refractivity contribution >= 4 is 0 Å². The zero-order chi connectivity index (χ0) is 12.8. The van der Waals surface area contributed by atoms with Crippen molar-refractivity contribution in [3.63, 3.8) is 0 Å². The maximum Gasteiger partial charge on any atom is 0.0604 e. The summed E-state index contributed by atoms with van der Waals surface area (Å²) in [6, 6.07) is 20.1. The van der Waals surface area contributed by atoms with Crippen LogP contribution in [0.15, 0.2) is 60.7 Å². The minimum atomic E-state index is -0.0635. The van der Waals surface area contributed by atoms with Gasteiger partial charge in [-0.25, -0.2) is 0 Å². The Morgan fingerprint density at radius 1 is 0.944 bits per heavy atom. The Hall–Kier alpha value is -1.64. The number of rotatable bonds is 5. The summed E-state index contributed by atoms with van der Waals surface area (Å²) in [7, 11) is 4.05. The summed E-state index contributed by atoms with van der Waals surface area (Å²) in [5, 5.41) is 9.55. The number of hydrogen-bond acceptors (Lipinski definition) is 2. The van der Waals surface area contributed by atoms with Crippen LogP contribution in [0.25, 0.3) is 0 Å². The fraction of sp³-hybridized carbons (Fsp3) is 0.188. The quantitative estimate of drug-likeness (QED) is 0.812. The summed E-state index contributed by atoms with van der Waals surface area (Å²) < 4.78 is 0. The third-order valence-electron chi connectivity index (χ3n) is 3.03. The number of aliphatic hydroxyl groups excluding tert-OH is 1. The van der Waals surface area contributed by atoms with Crippen LogP contribution in [0.5, 0.6) is 0 Å². The zero-order valence-electron chi connectivity index (χ0n) is 10.4. The van der Waals surface area contributed by atoms with E-state index in [1.807, 2.05) is 53.4 Å². The Balaban J connectivity index is 2.09. The summed E-state index contributed by atoms with van der Waals surface area (Å²) in [5.74, 6) is 0. The van der Waals surface area contributed by atoms with E-state index in [2.05, 4.69) is 19.2 Å². The molecule has 0 aliphatic carbocycles. The highest BCUT2D eigenvalue weighted by molar-refractivity contribution is 5.20. The molecule has 2 rings (SSSR count). The smallest absolute Gasteiger partial charge is 0.0604 e. The van der Waals surface area contributed by atoms with Crippen molar-refractivity contribution in [1.29, 1.82) is 0 Å². The number of nitrogens with zero attached hydrogens (tertiary/aromatic N) is 1. The van der Waals surface area contributed by atoms with Crippen molar-refractivity contribution in [1.82, 2.24) is 4.90 Å². The molecule has 18 heavy (non-hydrogen) atoms. The van der Waals surface area contributed by atoms with E-state index < -0.39 is 0 Å². The van der Waals surface area contributed by atoms with Gasteiger partial charge in [0.15, 0.2) is 0 Å². The second-order valence-electron chi connectivity index (χ2n) is 4.34.